The average Bonchev–Trinajstić information content (AvgIpc) is 2.88. The molecule has 0 aliphatic carbocycles. The molecule has 180 valence electrons. The van der Waals surface area contributed by atoms with Crippen LogP contribution in [0.3, 0.4) is 0 Å². The molecule has 0 saturated carbocycles. The molecular weight excluding hydrogens is 436 g/mol. The normalized spacial score (nSPS) is 18.7. The van der Waals surface area contributed by atoms with Crippen molar-refractivity contribution in [3.8, 4) is 11.5 Å². The molecule has 2 heterocycles. The highest BCUT2D eigenvalue weighted by Crippen LogP contribution is 2.31. The number of nitrogens with one attached hydrogen (secondary N) is 2. The second-order valence-corrected chi connectivity index (χ2v) is 8.13. The molecule has 4 rings (SSSR count). The molecule has 9 nitrogen and oxygen atoms in total. The van der Waals surface area contributed by atoms with Crippen LogP contribution in [0.2, 0.25) is 0 Å². The van der Waals surface area contributed by atoms with Crippen LogP contribution in [0, 0.1) is 0 Å². The summed E-state index contributed by atoms with van der Waals surface area (Å²) in [6.45, 7) is 3.56. The van der Waals surface area contributed by atoms with Crippen LogP contribution in [0.15, 0.2) is 59.8 Å². The zero-order chi connectivity index (χ0) is 24.1. The summed E-state index contributed by atoms with van der Waals surface area (Å²) in [6, 6.07) is 14.3. The van der Waals surface area contributed by atoms with Crippen LogP contribution >= 0.6 is 0 Å². The van der Waals surface area contributed by atoms with Gasteiger partial charge in [-0.1, -0.05) is 24.3 Å². The van der Waals surface area contributed by atoms with E-state index in [0.29, 0.717) is 23.6 Å². The summed E-state index contributed by atoms with van der Waals surface area (Å²) in [5.41, 5.74) is 2.75. The summed E-state index contributed by atoms with van der Waals surface area (Å²) < 4.78 is 15.9. The number of para-hydroxylation sites is 2. The number of amides is 2. The molecule has 1 saturated heterocycles. The van der Waals surface area contributed by atoms with Crippen LogP contribution in [0.4, 0.5) is 10.5 Å². The predicted molar refractivity (Wildman–Crippen MR) is 128 cm³/mol. The summed E-state index contributed by atoms with van der Waals surface area (Å²) in [7, 11) is 4.60. The van der Waals surface area contributed by atoms with Crippen molar-refractivity contribution in [3.63, 3.8) is 0 Å². The van der Waals surface area contributed by atoms with Gasteiger partial charge in [0.15, 0.2) is 0 Å². The van der Waals surface area contributed by atoms with E-state index in [1.165, 1.54) is 7.11 Å². The van der Waals surface area contributed by atoms with E-state index in [9.17, 15) is 9.59 Å². The number of hydrogen-bond acceptors (Lipinski definition) is 7. The minimum absolute atomic E-state index is 0.358. The molecule has 2 amide bonds. The monoisotopic (exact) mass is 466 g/mol. The van der Waals surface area contributed by atoms with Crippen molar-refractivity contribution >= 4 is 17.7 Å². The molecule has 0 bridgehead atoms. The third kappa shape index (κ3) is 4.94. The third-order valence-electron chi connectivity index (χ3n) is 6.17. The minimum Gasteiger partial charge on any atom is -0.497 e. The average molecular weight is 467 g/mol. The van der Waals surface area contributed by atoms with Gasteiger partial charge in [-0.05, 0) is 29.8 Å². The first-order valence-corrected chi connectivity index (χ1v) is 11.2. The number of esters is 1. The Labute approximate surface area is 199 Å². The van der Waals surface area contributed by atoms with E-state index in [2.05, 4.69) is 26.5 Å². The predicted octanol–water partition coefficient (Wildman–Crippen LogP) is 2.31. The molecule has 2 N–H and O–H groups in total. The molecular formula is C25H30N4O5. The standard InChI is InChI=1S/C25H30N4O5/c1-32-18-8-6-7-17(15-18)23-22(24(30)34-3)19(26-25(31)27-23)16-28-11-13-29(14-12-28)20-9-4-5-10-21(20)33-2/h4-10,15,23H,11-14,16H2,1-3H3,(H2,26,27,31). The van der Waals surface area contributed by atoms with Crippen molar-refractivity contribution in [2.75, 3.05) is 59.0 Å². The van der Waals surface area contributed by atoms with Crippen molar-refractivity contribution in [3.05, 3.63) is 65.4 Å². The van der Waals surface area contributed by atoms with Crippen LogP contribution < -0.4 is 25.0 Å². The Bertz CT molecular complexity index is 1080. The molecule has 0 spiro atoms. The fraction of sp³-hybridized carbons (Fsp3) is 0.360. The zero-order valence-electron chi connectivity index (χ0n) is 19.7. The van der Waals surface area contributed by atoms with E-state index in [1.54, 1.807) is 14.2 Å². The summed E-state index contributed by atoms with van der Waals surface area (Å²) in [6.07, 6.45) is 0. The number of urea groups is 1. The summed E-state index contributed by atoms with van der Waals surface area (Å²) in [5, 5.41) is 5.69. The molecule has 34 heavy (non-hydrogen) atoms. The lowest BCUT2D eigenvalue weighted by Gasteiger charge is -2.38. The lowest BCUT2D eigenvalue weighted by atomic mass is 9.94. The van der Waals surface area contributed by atoms with Crippen molar-refractivity contribution in [2.45, 2.75) is 6.04 Å². The number of ether oxygens (including phenoxy) is 3. The number of benzene rings is 2. The van der Waals surface area contributed by atoms with Crippen molar-refractivity contribution < 1.29 is 23.8 Å². The topological polar surface area (TPSA) is 92.4 Å². The van der Waals surface area contributed by atoms with Crippen molar-refractivity contribution in [1.29, 1.82) is 0 Å². The van der Waals surface area contributed by atoms with Crippen molar-refractivity contribution in [1.82, 2.24) is 15.5 Å². The number of nitrogens with zero attached hydrogens (tertiary/aromatic N) is 2. The molecule has 1 atom stereocenters. The van der Waals surface area contributed by atoms with Gasteiger partial charge in [0.05, 0.1) is 38.6 Å². The van der Waals surface area contributed by atoms with Gasteiger partial charge in [0, 0.05) is 38.4 Å². The van der Waals surface area contributed by atoms with Gasteiger partial charge < -0.3 is 29.7 Å². The smallest absolute Gasteiger partial charge is 0.338 e. The number of carbonyl (C=O) groups excluding carboxylic acids is 2. The Kier molecular flexibility index (Phi) is 7.22. The van der Waals surface area contributed by atoms with E-state index in [-0.39, 0.29) is 6.03 Å². The van der Waals surface area contributed by atoms with Crippen LogP contribution in [-0.4, -0.2) is 71.0 Å². The SMILES string of the molecule is COC(=O)C1=C(CN2CCN(c3ccccc3OC)CC2)NC(=O)NC1c1cccc(OC)c1. The highest BCUT2D eigenvalue weighted by atomic mass is 16.5. The quantitative estimate of drug-likeness (QED) is 0.605. The van der Waals surface area contributed by atoms with Gasteiger partial charge in [-0.2, -0.15) is 0 Å². The fourth-order valence-electron chi connectivity index (χ4n) is 4.43. The summed E-state index contributed by atoms with van der Waals surface area (Å²) in [4.78, 5) is 29.9. The number of carbonyl (C=O) groups is 2. The third-order valence-corrected chi connectivity index (χ3v) is 6.17. The summed E-state index contributed by atoms with van der Waals surface area (Å²) in [5.74, 6) is 1.00. The zero-order valence-corrected chi connectivity index (χ0v) is 19.7. The Morgan fingerprint density at radius 3 is 2.47 bits per heavy atom. The maximum Gasteiger partial charge on any atom is 0.338 e. The minimum atomic E-state index is -0.638. The van der Waals surface area contributed by atoms with Crippen molar-refractivity contribution in [2.24, 2.45) is 0 Å². The van der Waals surface area contributed by atoms with Gasteiger partial charge in [0.1, 0.15) is 11.5 Å². The number of anilines is 1. The first-order valence-electron chi connectivity index (χ1n) is 11.2. The lowest BCUT2D eigenvalue weighted by Crippen LogP contribution is -2.51. The molecule has 0 aromatic heterocycles. The van der Waals surface area contributed by atoms with Gasteiger partial charge in [-0.25, -0.2) is 9.59 Å². The van der Waals surface area contributed by atoms with Gasteiger partial charge in [-0.3, -0.25) is 4.90 Å². The first-order chi connectivity index (χ1) is 16.5. The molecule has 0 radical (unpaired) electrons. The Hall–Kier alpha value is -3.72. The molecule has 2 aliphatic heterocycles. The van der Waals surface area contributed by atoms with Crippen LogP contribution in [0.5, 0.6) is 11.5 Å². The number of methoxy groups -OCH3 is 3. The molecule has 1 unspecified atom stereocenters. The molecule has 2 aromatic carbocycles. The maximum absolute atomic E-state index is 12.8. The fourth-order valence-corrected chi connectivity index (χ4v) is 4.43. The maximum atomic E-state index is 12.8. The van der Waals surface area contributed by atoms with Crippen LogP contribution in [0.25, 0.3) is 0 Å². The lowest BCUT2D eigenvalue weighted by molar-refractivity contribution is -0.136. The first kappa shape index (κ1) is 23.4. The van der Waals surface area contributed by atoms with E-state index in [4.69, 9.17) is 14.2 Å². The van der Waals surface area contributed by atoms with Gasteiger partial charge >= 0.3 is 12.0 Å². The van der Waals surface area contributed by atoms with E-state index in [1.807, 2.05) is 42.5 Å². The van der Waals surface area contributed by atoms with Gasteiger partial charge in [0.2, 0.25) is 0 Å². The van der Waals surface area contributed by atoms with Crippen LogP contribution in [0.1, 0.15) is 11.6 Å². The van der Waals surface area contributed by atoms with Crippen LogP contribution in [-0.2, 0) is 9.53 Å². The number of hydrogen-bond donors (Lipinski definition) is 2. The van der Waals surface area contributed by atoms with E-state index < -0.39 is 12.0 Å². The van der Waals surface area contributed by atoms with E-state index in [0.717, 1.165) is 43.2 Å². The second-order valence-electron chi connectivity index (χ2n) is 8.13. The molecule has 2 aromatic rings. The largest absolute Gasteiger partial charge is 0.497 e. The Morgan fingerprint density at radius 2 is 1.76 bits per heavy atom. The van der Waals surface area contributed by atoms with Gasteiger partial charge in [0.25, 0.3) is 0 Å². The Balaban J connectivity index is 1.55. The highest BCUT2D eigenvalue weighted by Gasteiger charge is 2.34. The van der Waals surface area contributed by atoms with E-state index >= 15 is 0 Å². The Morgan fingerprint density at radius 1 is 1.00 bits per heavy atom. The molecule has 2 aliphatic rings. The molecule has 1 fully saturated rings. The molecule has 9 heteroatoms. The number of rotatable bonds is 7. The summed E-state index contributed by atoms with van der Waals surface area (Å²) >= 11 is 0. The van der Waals surface area contributed by atoms with Gasteiger partial charge in [-0.15, -0.1) is 0 Å². The highest BCUT2D eigenvalue weighted by molar-refractivity contribution is 5.95. The second kappa shape index (κ2) is 10.5. The number of piperazine rings is 1.